The number of benzene rings is 2. The summed E-state index contributed by atoms with van der Waals surface area (Å²) in [6.07, 6.45) is 2.21. The Morgan fingerprint density at radius 1 is 1.13 bits per heavy atom. The number of guanidine groups is 1. The molecule has 0 aromatic heterocycles. The number of hydrogen-bond donors (Lipinski definition) is 3. The normalized spacial score (nSPS) is 16.2. The summed E-state index contributed by atoms with van der Waals surface area (Å²) in [6.45, 7) is 3.07. The average Bonchev–Trinajstić information content (AvgIpc) is 3.31. The van der Waals surface area contributed by atoms with Crippen LogP contribution in [-0.4, -0.2) is 51.3 Å². The first-order valence-electron chi connectivity index (χ1n) is 10.4. The molecule has 0 saturated carbocycles. The van der Waals surface area contributed by atoms with Crippen molar-refractivity contribution < 1.29 is 14.3 Å². The number of aliphatic imine (C=N–C) groups is 1. The number of para-hydroxylation sites is 1. The number of nitrogens with zero attached hydrogens (tertiary/aromatic N) is 1. The molecule has 1 amide bonds. The van der Waals surface area contributed by atoms with Gasteiger partial charge in [-0.25, -0.2) is 0 Å². The van der Waals surface area contributed by atoms with E-state index in [4.69, 9.17) is 9.47 Å². The quantitative estimate of drug-likeness (QED) is 0.336. The third-order valence-electron chi connectivity index (χ3n) is 4.79. The highest BCUT2D eigenvalue weighted by Gasteiger charge is 2.16. The molecular formula is C23H30N4O3. The second-order valence-corrected chi connectivity index (χ2v) is 7.06. The molecule has 0 radical (unpaired) electrons. The predicted molar refractivity (Wildman–Crippen MR) is 118 cm³/mol. The first-order valence-corrected chi connectivity index (χ1v) is 10.4. The molecule has 1 atom stereocenters. The van der Waals surface area contributed by atoms with Gasteiger partial charge in [-0.15, -0.1) is 0 Å². The van der Waals surface area contributed by atoms with Crippen molar-refractivity contribution in [3.63, 3.8) is 0 Å². The van der Waals surface area contributed by atoms with Crippen LogP contribution >= 0.6 is 0 Å². The van der Waals surface area contributed by atoms with Crippen LogP contribution in [0.2, 0.25) is 0 Å². The third kappa shape index (κ3) is 7.08. The fourth-order valence-electron chi connectivity index (χ4n) is 3.20. The maximum atomic E-state index is 12.4. The fraction of sp³-hybridized carbons (Fsp3) is 0.391. The molecule has 1 heterocycles. The van der Waals surface area contributed by atoms with Crippen LogP contribution in [0.4, 0.5) is 0 Å². The van der Waals surface area contributed by atoms with E-state index in [2.05, 4.69) is 20.9 Å². The lowest BCUT2D eigenvalue weighted by Gasteiger charge is -2.13. The molecule has 3 N–H and O–H groups in total. The highest BCUT2D eigenvalue weighted by Crippen LogP contribution is 2.11. The summed E-state index contributed by atoms with van der Waals surface area (Å²) in [5, 5.41) is 9.44. The van der Waals surface area contributed by atoms with Crippen LogP contribution in [0.3, 0.4) is 0 Å². The average molecular weight is 411 g/mol. The number of carbonyl (C=O) groups excluding carboxylic acids is 1. The summed E-state index contributed by atoms with van der Waals surface area (Å²) in [4.78, 5) is 16.6. The van der Waals surface area contributed by atoms with Crippen LogP contribution in [0.5, 0.6) is 5.75 Å². The number of nitrogens with one attached hydrogen (secondary N) is 3. The van der Waals surface area contributed by atoms with E-state index >= 15 is 0 Å². The summed E-state index contributed by atoms with van der Waals surface area (Å²) in [6, 6.07) is 17.3. The van der Waals surface area contributed by atoms with Gasteiger partial charge in [0.2, 0.25) is 0 Å². The summed E-state index contributed by atoms with van der Waals surface area (Å²) < 4.78 is 11.2. The number of ether oxygens (including phenoxy) is 2. The van der Waals surface area contributed by atoms with Crippen molar-refractivity contribution in [1.29, 1.82) is 0 Å². The van der Waals surface area contributed by atoms with Gasteiger partial charge < -0.3 is 25.4 Å². The van der Waals surface area contributed by atoms with E-state index in [0.29, 0.717) is 37.8 Å². The van der Waals surface area contributed by atoms with E-state index < -0.39 is 0 Å². The van der Waals surface area contributed by atoms with Crippen LogP contribution in [-0.2, 0) is 11.3 Å². The number of hydrogen-bond acceptors (Lipinski definition) is 4. The number of carbonyl (C=O) groups is 1. The zero-order valence-corrected chi connectivity index (χ0v) is 17.4. The first kappa shape index (κ1) is 21.6. The zero-order chi connectivity index (χ0) is 21.0. The highest BCUT2D eigenvalue weighted by molar-refractivity contribution is 5.94. The largest absolute Gasteiger partial charge is 0.492 e. The van der Waals surface area contributed by atoms with Crippen molar-refractivity contribution in [2.45, 2.75) is 25.5 Å². The molecule has 1 aliphatic rings. The van der Waals surface area contributed by atoms with Gasteiger partial charge in [-0.1, -0.05) is 30.3 Å². The van der Waals surface area contributed by atoms with Crippen molar-refractivity contribution in [3.8, 4) is 5.75 Å². The molecule has 30 heavy (non-hydrogen) atoms. The minimum atomic E-state index is -0.0760. The van der Waals surface area contributed by atoms with Crippen LogP contribution in [0.15, 0.2) is 59.6 Å². The molecule has 0 aliphatic carbocycles. The topological polar surface area (TPSA) is 84.0 Å². The van der Waals surface area contributed by atoms with Crippen molar-refractivity contribution in [2.24, 2.45) is 4.99 Å². The van der Waals surface area contributed by atoms with E-state index in [-0.39, 0.29) is 12.0 Å². The Labute approximate surface area is 177 Å². The fourth-order valence-corrected chi connectivity index (χ4v) is 3.20. The Morgan fingerprint density at radius 2 is 2.00 bits per heavy atom. The maximum Gasteiger partial charge on any atom is 0.251 e. The maximum absolute atomic E-state index is 12.4. The summed E-state index contributed by atoms with van der Waals surface area (Å²) in [5.41, 5.74) is 1.65. The van der Waals surface area contributed by atoms with Gasteiger partial charge in [0, 0.05) is 32.3 Å². The smallest absolute Gasteiger partial charge is 0.251 e. The molecule has 2 aromatic carbocycles. The van der Waals surface area contributed by atoms with E-state index in [1.807, 2.05) is 54.6 Å². The second-order valence-electron chi connectivity index (χ2n) is 7.06. The van der Waals surface area contributed by atoms with E-state index in [1.54, 1.807) is 7.05 Å². The molecule has 7 heteroatoms. The van der Waals surface area contributed by atoms with Crippen molar-refractivity contribution in [2.75, 3.05) is 33.4 Å². The molecule has 160 valence electrons. The minimum Gasteiger partial charge on any atom is -0.492 e. The van der Waals surface area contributed by atoms with E-state index in [0.717, 1.165) is 30.8 Å². The lowest BCUT2D eigenvalue weighted by atomic mass is 10.1. The van der Waals surface area contributed by atoms with E-state index in [1.165, 1.54) is 0 Å². The molecular weight excluding hydrogens is 380 g/mol. The van der Waals surface area contributed by atoms with Gasteiger partial charge in [-0.3, -0.25) is 9.79 Å². The molecule has 1 unspecified atom stereocenters. The van der Waals surface area contributed by atoms with Gasteiger partial charge in [0.05, 0.1) is 12.6 Å². The molecule has 1 fully saturated rings. The molecule has 0 bridgehead atoms. The van der Waals surface area contributed by atoms with Crippen molar-refractivity contribution in [3.05, 3.63) is 65.7 Å². The SMILES string of the molecule is CN=C(NCCOc1ccccc1)NCc1cccc(C(=O)NCC2CCCO2)c1. The molecule has 1 aliphatic heterocycles. The highest BCUT2D eigenvalue weighted by atomic mass is 16.5. The van der Waals surface area contributed by atoms with Gasteiger partial charge >= 0.3 is 0 Å². The van der Waals surface area contributed by atoms with Gasteiger partial charge in [0.1, 0.15) is 12.4 Å². The third-order valence-corrected chi connectivity index (χ3v) is 4.79. The number of rotatable bonds is 9. The van der Waals surface area contributed by atoms with Crippen molar-refractivity contribution in [1.82, 2.24) is 16.0 Å². The predicted octanol–water partition coefficient (Wildman–Crippen LogP) is 2.34. The molecule has 0 spiro atoms. The Kier molecular flexibility index (Phi) is 8.53. The van der Waals surface area contributed by atoms with E-state index in [9.17, 15) is 4.79 Å². The molecule has 1 saturated heterocycles. The molecule has 2 aromatic rings. The second kappa shape index (κ2) is 11.8. The van der Waals surface area contributed by atoms with Gasteiger partial charge in [-0.2, -0.15) is 0 Å². The lowest BCUT2D eigenvalue weighted by molar-refractivity contribution is 0.0857. The standard InChI is InChI=1S/C23H30N4O3/c1-24-23(25-12-14-30-20-9-3-2-4-10-20)27-16-18-7-5-8-19(15-18)22(28)26-17-21-11-6-13-29-21/h2-5,7-10,15,21H,6,11-14,16-17H2,1H3,(H,26,28)(H2,24,25,27). The monoisotopic (exact) mass is 410 g/mol. The molecule has 7 nitrogen and oxygen atoms in total. The van der Waals surface area contributed by atoms with Crippen molar-refractivity contribution >= 4 is 11.9 Å². The first-order chi connectivity index (χ1) is 14.7. The summed E-state index contributed by atoms with van der Waals surface area (Å²) in [5.74, 6) is 1.45. The Morgan fingerprint density at radius 3 is 2.77 bits per heavy atom. The van der Waals surface area contributed by atoms with Gasteiger partial charge in [0.25, 0.3) is 5.91 Å². The lowest BCUT2D eigenvalue weighted by Crippen LogP contribution is -2.39. The van der Waals surface area contributed by atoms with Gasteiger partial charge in [-0.05, 0) is 42.7 Å². The van der Waals surface area contributed by atoms with Crippen LogP contribution < -0.4 is 20.7 Å². The zero-order valence-electron chi connectivity index (χ0n) is 17.4. The Hall–Kier alpha value is -3.06. The molecule has 3 rings (SSSR count). The Bertz CT molecular complexity index is 820. The van der Waals surface area contributed by atoms with Crippen LogP contribution in [0, 0.1) is 0 Å². The minimum absolute atomic E-state index is 0.0760. The summed E-state index contributed by atoms with van der Waals surface area (Å²) in [7, 11) is 1.72. The van der Waals surface area contributed by atoms with Crippen LogP contribution in [0.1, 0.15) is 28.8 Å². The Balaban J connectivity index is 1.40. The van der Waals surface area contributed by atoms with Crippen LogP contribution in [0.25, 0.3) is 0 Å². The summed E-state index contributed by atoms with van der Waals surface area (Å²) >= 11 is 0. The number of amides is 1. The van der Waals surface area contributed by atoms with Gasteiger partial charge in [0.15, 0.2) is 5.96 Å².